The molecule has 0 rings (SSSR count). The third-order valence-corrected chi connectivity index (χ3v) is 26.9. The monoisotopic (exact) mass is 1950 g/mol. The van der Waals surface area contributed by atoms with E-state index in [1.807, 2.05) is 55.4 Å². The highest BCUT2D eigenvalue weighted by molar-refractivity contribution is 5.95. The Labute approximate surface area is 835 Å². The van der Waals surface area contributed by atoms with E-state index >= 15 is 4.79 Å². The lowest BCUT2D eigenvalue weighted by atomic mass is 10.00. The van der Waals surface area contributed by atoms with Gasteiger partial charge in [-0.15, -0.1) is 0 Å². The molecule has 15 atom stereocenters. The molecule has 0 saturated heterocycles. The molecule has 15 unspecified atom stereocenters. The largest absolute Gasteiger partial charge is 0.467 e. The molecule has 800 valence electrons. The Balaban J connectivity index is 7.54. The second kappa shape index (κ2) is 84.7. The van der Waals surface area contributed by atoms with Gasteiger partial charge in [-0.25, -0.2) is 4.79 Å². The van der Waals surface area contributed by atoms with E-state index in [4.69, 9.17) is 4.74 Å². The van der Waals surface area contributed by atoms with Crippen LogP contribution in [0.4, 0.5) is 0 Å². The molecule has 138 heavy (non-hydrogen) atoms. The Morgan fingerprint density at radius 2 is 0.297 bits per heavy atom. The van der Waals surface area contributed by atoms with E-state index in [0.29, 0.717) is 142 Å². The van der Waals surface area contributed by atoms with Crippen LogP contribution in [0.3, 0.4) is 0 Å². The molecule has 0 heterocycles. The van der Waals surface area contributed by atoms with E-state index in [1.54, 1.807) is 0 Å². The maximum Gasteiger partial charge on any atom is 0.328 e. The van der Waals surface area contributed by atoms with Crippen LogP contribution in [0.15, 0.2) is 0 Å². The first kappa shape index (κ1) is 130. The normalized spacial score (nSPS) is 14.6. The van der Waals surface area contributed by atoms with Gasteiger partial charge in [0.2, 0.25) is 82.7 Å². The van der Waals surface area contributed by atoms with Gasteiger partial charge in [-0.2, -0.15) is 0 Å². The van der Waals surface area contributed by atoms with Crippen LogP contribution in [-0.4, -0.2) is 184 Å². The van der Waals surface area contributed by atoms with Crippen molar-refractivity contribution in [2.45, 2.75) is 500 Å². The van der Waals surface area contributed by atoms with Crippen LogP contribution in [0, 0.1) is 47.3 Å². The van der Waals surface area contributed by atoms with E-state index in [1.165, 1.54) is 7.11 Å². The number of methoxy groups -OCH3 is 1. The zero-order chi connectivity index (χ0) is 103. The number of carbonyl (C=O) groups is 15. The second-order valence-electron chi connectivity index (χ2n) is 40.0. The molecule has 14 N–H and O–H groups in total. The number of ether oxygens (including phenoxy) is 1. The lowest BCUT2D eigenvalue weighted by Gasteiger charge is -2.26. The van der Waals surface area contributed by atoms with Crippen molar-refractivity contribution in [2.24, 2.45) is 47.3 Å². The number of rotatable bonds is 90. The van der Waals surface area contributed by atoms with Gasteiger partial charge in [0.25, 0.3) is 0 Å². The quantitative estimate of drug-likeness (QED) is 0.0199. The van der Waals surface area contributed by atoms with E-state index in [2.05, 4.69) is 130 Å². The summed E-state index contributed by atoms with van der Waals surface area (Å²) in [5.41, 5.74) is 0. The average molecular weight is 1950 g/mol. The van der Waals surface area contributed by atoms with E-state index in [0.717, 1.165) is 180 Å². The molecule has 0 aromatic heterocycles. The minimum absolute atomic E-state index is 0.00348. The van der Waals surface area contributed by atoms with Gasteiger partial charge in [0, 0.05) is 93.2 Å². The zero-order valence-electron chi connectivity index (χ0n) is 89.8. The van der Waals surface area contributed by atoms with Crippen molar-refractivity contribution in [2.75, 3.05) is 52.9 Å². The molecule has 0 aliphatic rings. The van der Waals surface area contributed by atoms with Crippen LogP contribution in [-0.2, 0) is 76.7 Å². The highest BCUT2D eigenvalue weighted by atomic mass is 16.5. The molecule has 30 nitrogen and oxygen atoms in total. The van der Waals surface area contributed by atoms with Gasteiger partial charge in [0.15, 0.2) is 0 Å². The number of esters is 1. The second-order valence-corrected chi connectivity index (χ2v) is 40.0. The predicted molar refractivity (Wildman–Crippen MR) is 555 cm³/mol. The summed E-state index contributed by atoms with van der Waals surface area (Å²) in [6, 6.07) is -7.50. The Hall–Kier alpha value is -7.95. The highest BCUT2D eigenvalue weighted by Gasteiger charge is 2.34. The first-order valence-electron chi connectivity index (χ1n) is 55.4. The van der Waals surface area contributed by atoms with Crippen LogP contribution in [0.25, 0.3) is 0 Å². The summed E-state index contributed by atoms with van der Waals surface area (Å²) < 4.78 is 5.29. The summed E-state index contributed by atoms with van der Waals surface area (Å²) in [7, 11) is 1.19. The molecule has 0 saturated carbocycles. The van der Waals surface area contributed by atoms with Crippen molar-refractivity contribution in [1.29, 1.82) is 0 Å². The van der Waals surface area contributed by atoms with Crippen LogP contribution >= 0.6 is 0 Å². The fraction of sp³-hybridized carbons (Fsp3) is 0.861. The van der Waals surface area contributed by atoms with Gasteiger partial charge in [0.1, 0.15) is 42.3 Å². The van der Waals surface area contributed by atoms with Gasteiger partial charge < -0.3 is 79.2 Å². The van der Waals surface area contributed by atoms with Gasteiger partial charge in [0.05, 0.1) is 7.11 Å². The minimum Gasteiger partial charge on any atom is -0.467 e. The van der Waals surface area contributed by atoms with Crippen LogP contribution in [0.5, 0.6) is 0 Å². The molecule has 0 fully saturated rings. The SMILES string of the molecule is CCCCCC(C)C(=O)NCCCCCC(NC(=O)C(C)CCCCC)C(=O)NC(CCCCNC(=O)C(CCCCNC(=O)C(C)CCCCC)NC(=O)C(C)CCCCC)C(=O)NC(CCCCNC(=O)C(CCCCNC(=O)C(CCCCNC(=O)C(C)CCCCC)NC(=O)C(C)CCCCC)NC(=O)C(CCCCNC(=O)C(C)CCCCC)NC(=O)C(C)CCCCC)C(=O)OC. The Kier molecular flexibility index (Phi) is 79.8. The summed E-state index contributed by atoms with van der Waals surface area (Å²) in [6.07, 6.45) is 37.2. The molecular weight excluding hydrogens is 1750 g/mol. The third-order valence-electron chi connectivity index (χ3n) is 26.9. The van der Waals surface area contributed by atoms with Crippen molar-refractivity contribution in [1.82, 2.24) is 74.4 Å². The smallest absolute Gasteiger partial charge is 0.328 e. The zero-order valence-corrected chi connectivity index (χ0v) is 89.8. The number of hydrogen-bond donors (Lipinski definition) is 14. The summed E-state index contributed by atoms with van der Waals surface area (Å²) >= 11 is 0. The van der Waals surface area contributed by atoms with E-state index < -0.39 is 83.7 Å². The first-order valence-corrected chi connectivity index (χ1v) is 55.4. The van der Waals surface area contributed by atoms with Crippen molar-refractivity contribution >= 4 is 88.7 Å². The number of hydrogen-bond acceptors (Lipinski definition) is 16. The lowest BCUT2D eigenvalue weighted by molar-refractivity contribution is -0.145. The van der Waals surface area contributed by atoms with Gasteiger partial charge in [-0.05, 0) is 180 Å². The molecule has 0 aliphatic carbocycles. The van der Waals surface area contributed by atoms with E-state index in [9.17, 15) is 67.1 Å². The Morgan fingerprint density at radius 3 is 0.486 bits per heavy atom. The fourth-order valence-corrected chi connectivity index (χ4v) is 16.8. The molecule has 0 bridgehead atoms. The standard InChI is InChI=1S/C108H202N14O16/c1-18-26-35-57-79(9)94(123)109-72-50-34-43-65-90(118-100(129)85(15)63-41-32-24-7)106(135)121-92(70-48-55-77-114-103(132)88(117-99(128)84(14)62-40-31-23-6)67-45-52-74-111-96(125)81(11)59-37-28-20-3)107(136)122-93(108(137)138-17)71-49-56-78-115-104(133)89(120-105(134)91(119-101(130)86(16)64-42-33-25-8)69-47-53-75-112-97(126)82(12)60-38-29-21-4)68-46-54-76-113-102(131)87(116-98(127)83(13)61-39-30-22-5)66-44-51-73-110-95(124)80(10)58-36-27-19-2/h79-93H,18-78H2,1-17H3,(H,109,123)(H,110,124)(H,111,125)(H,112,126)(H,113,131)(H,114,132)(H,115,133)(H,116,127)(H,117,128)(H,118,129)(H,119,130)(H,120,134)(H,121,135)(H,122,136). The van der Waals surface area contributed by atoms with Crippen molar-refractivity contribution < 1.29 is 76.7 Å². The van der Waals surface area contributed by atoms with Crippen LogP contribution in [0.2, 0.25) is 0 Å². The summed E-state index contributed by atoms with van der Waals surface area (Å²) in [5, 5.41) is 42.0. The maximum atomic E-state index is 15.0. The Morgan fingerprint density at radius 1 is 0.159 bits per heavy atom. The van der Waals surface area contributed by atoms with Gasteiger partial charge in [-0.1, -0.05) is 278 Å². The number of nitrogens with one attached hydrogen (secondary N) is 14. The van der Waals surface area contributed by atoms with Crippen LogP contribution in [0.1, 0.15) is 458 Å². The molecule has 0 aromatic rings. The molecule has 0 spiro atoms. The van der Waals surface area contributed by atoms with Crippen molar-refractivity contribution in [3.63, 3.8) is 0 Å². The molecular formula is C108H202N14O16. The average Bonchev–Trinajstić information content (AvgIpc) is 0.867. The third kappa shape index (κ3) is 64.5. The van der Waals surface area contributed by atoms with Crippen molar-refractivity contribution in [3.8, 4) is 0 Å². The summed E-state index contributed by atoms with van der Waals surface area (Å²) in [5.74, 6) is -7.09. The number of carbonyl (C=O) groups excluding carboxylic acids is 15. The highest BCUT2D eigenvalue weighted by Crippen LogP contribution is 2.21. The Bertz CT molecular complexity index is 3330. The van der Waals surface area contributed by atoms with Gasteiger partial charge >= 0.3 is 5.97 Å². The predicted octanol–water partition coefficient (Wildman–Crippen LogP) is 16.7. The molecule has 0 aliphatic heterocycles. The molecule has 30 heteroatoms. The van der Waals surface area contributed by atoms with Crippen molar-refractivity contribution in [3.05, 3.63) is 0 Å². The van der Waals surface area contributed by atoms with Gasteiger partial charge in [-0.3, -0.25) is 67.1 Å². The topological polar surface area (TPSA) is 434 Å². The van der Waals surface area contributed by atoms with Crippen LogP contribution < -0.4 is 74.4 Å². The molecule has 0 aromatic carbocycles. The molecule has 0 radical (unpaired) electrons. The van der Waals surface area contributed by atoms with E-state index in [-0.39, 0.29) is 166 Å². The fourth-order valence-electron chi connectivity index (χ4n) is 16.8. The maximum absolute atomic E-state index is 15.0. The summed E-state index contributed by atoms with van der Waals surface area (Å²) in [6.45, 7) is 34.0. The lowest BCUT2D eigenvalue weighted by Crippen LogP contribution is -2.56. The molecule has 14 amide bonds. The first-order chi connectivity index (χ1) is 66.2. The minimum atomic E-state index is -1.28. The number of amides is 14. The summed E-state index contributed by atoms with van der Waals surface area (Å²) in [4.78, 5) is 209. The number of unbranched alkanes of at least 4 members (excludes halogenated alkanes) is 24.